The molecule has 5 rings (SSSR count). The van der Waals surface area contributed by atoms with Crippen molar-refractivity contribution in [2.45, 2.75) is 0 Å². The first-order valence-corrected chi connectivity index (χ1v) is 8.79. The molecule has 1 aliphatic heterocycles. The minimum absolute atomic E-state index is 0.579. The Balaban J connectivity index is 1.41. The van der Waals surface area contributed by atoms with Gasteiger partial charge in [0.25, 0.3) is 0 Å². The van der Waals surface area contributed by atoms with Gasteiger partial charge in [0.15, 0.2) is 16.6 Å². The topological polar surface area (TPSA) is 72.1 Å². The Hall–Kier alpha value is -3.06. The van der Waals surface area contributed by atoms with Crippen molar-refractivity contribution >= 4 is 33.2 Å². The lowest BCUT2D eigenvalue weighted by Crippen LogP contribution is -2.15. The number of imidazole rings is 1. The molecule has 0 unspecified atom stereocenters. The summed E-state index contributed by atoms with van der Waals surface area (Å²) in [6.45, 7) is 1.17. The van der Waals surface area contributed by atoms with Gasteiger partial charge in [-0.15, -0.1) is 11.3 Å². The summed E-state index contributed by atoms with van der Waals surface area (Å²) in [6, 6.07) is 11.9. The van der Waals surface area contributed by atoms with Crippen LogP contribution >= 0.6 is 11.3 Å². The zero-order valence-corrected chi connectivity index (χ0v) is 14.0. The fourth-order valence-electron chi connectivity index (χ4n) is 2.80. The van der Waals surface area contributed by atoms with Crippen molar-refractivity contribution in [3.63, 3.8) is 0 Å². The zero-order chi connectivity index (χ0) is 16.6. The van der Waals surface area contributed by atoms with E-state index in [0.29, 0.717) is 13.2 Å². The van der Waals surface area contributed by atoms with Crippen LogP contribution in [0.15, 0.2) is 48.1 Å². The number of rotatable bonds is 3. The lowest BCUT2D eigenvalue weighted by atomic mass is 10.1. The van der Waals surface area contributed by atoms with Crippen molar-refractivity contribution in [1.29, 1.82) is 0 Å². The Morgan fingerprint density at radius 2 is 1.96 bits per heavy atom. The van der Waals surface area contributed by atoms with E-state index in [1.54, 1.807) is 17.7 Å². The number of thiazole rings is 1. The second kappa shape index (κ2) is 5.78. The van der Waals surface area contributed by atoms with E-state index in [1.165, 1.54) is 0 Å². The highest BCUT2D eigenvalue weighted by Crippen LogP contribution is 2.35. The lowest BCUT2D eigenvalue weighted by molar-refractivity contribution is 0.171. The molecule has 0 bridgehead atoms. The number of nitrogens with zero attached hydrogens (tertiary/aromatic N) is 2. The van der Waals surface area contributed by atoms with Gasteiger partial charge in [-0.25, -0.2) is 9.97 Å². The van der Waals surface area contributed by atoms with Crippen LogP contribution in [0.5, 0.6) is 11.5 Å². The predicted octanol–water partition coefficient (Wildman–Crippen LogP) is 4.20. The fraction of sp³-hybridized carbons (Fsp3) is 0.111. The molecule has 4 aromatic rings. The first-order chi connectivity index (χ1) is 12.3. The summed E-state index contributed by atoms with van der Waals surface area (Å²) in [5.74, 6) is 1.56. The molecule has 25 heavy (non-hydrogen) atoms. The molecule has 0 aliphatic carbocycles. The molecule has 2 N–H and O–H groups in total. The number of ether oxygens (including phenoxy) is 2. The van der Waals surface area contributed by atoms with Crippen molar-refractivity contribution in [3.05, 3.63) is 48.1 Å². The summed E-state index contributed by atoms with van der Waals surface area (Å²) in [4.78, 5) is 12.0. The first kappa shape index (κ1) is 14.3. The third kappa shape index (κ3) is 2.68. The predicted molar refractivity (Wildman–Crippen MR) is 97.9 cm³/mol. The van der Waals surface area contributed by atoms with Crippen LogP contribution in [0.4, 0.5) is 10.8 Å². The van der Waals surface area contributed by atoms with E-state index >= 15 is 0 Å². The monoisotopic (exact) mass is 350 g/mol. The number of H-pyrrole nitrogens is 1. The van der Waals surface area contributed by atoms with Gasteiger partial charge in [-0.05, 0) is 36.4 Å². The van der Waals surface area contributed by atoms with E-state index in [0.717, 1.165) is 44.6 Å². The molecule has 2 aromatic carbocycles. The quantitative estimate of drug-likeness (QED) is 0.579. The van der Waals surface area contributed by atoms with Crippen LogP contribution in [-0.4, -0.2) is 28.2 Å². The lowest BCUT2D eigenvalue weighted by Gasteiger charge is -2.18. The van der Waals surface area contributed by atoms with Gasteiger partial charge < -0.3 is 19.8 Å². The van der Waals surface area contributed by atoms with E-state index < -0.39 is 0 Å². The minimum Gasteiger partial charge on any atom is -0.486 e. The highest BCUT2D eigenvalue weighted by Gasteiger charge is 2.14. The van der Waals surface area contributed by atoms with Crippen LogP contribution in [0.2, 0.25) is 0 Å². The van der Waals surface area contributed by atoms with Crippen molar-refractivity contribution < 1.29 is 9.47 Å². The summed E-state index contributed by atoms with van der Waals surface area (Å²) < 4.78 is 11.2. The molecule has 0 spiro atoms. The molecule has 0 saturated carbocycles. The molecular formula is C18H14N4O2S. The molecule has 0 fully saturated rings. The Morgan fingerprint density at radius 1 is 1.04 bits per heavy atom. The Morgan fingerprint density at radius 3 is 2.92 bits per heavy atom. The largest absolute Gasteiger partial charge is 0.486 e. The van der Waals surface area contributed by atoms with Gasteiger partial charge in [0, 0.05) is 16.6 Å². The van der Waals surface area contributed by atoms with Gasteiger partial charge >= 0.3 is 0 Å². The number of hydrogen-bond acceptors (Lipinski definition) is 6. The number of aromatic nitrogens is 3. The second-order valence-corrected chi connectivity index (χ2v) is 6.51. The molecule has 2 aromatic heterocycles. The molecule has 7 heteroatoms. The van der Waals surface area contributed by atoms with E-state index in [4.69, 9.17) is 9.47 Å². The fourth-order valence-corrected chi connectivity index (χ4v) is 3.54. The van der Waals surface area contributed by atoms with E-state index in [1.807, 2.05) is 41.8 Å². The summed E-state index contributed by atoms with van der Waals surface area (Å²) in [7, 11) is 0. The average molecular weight is 350 g/mol. The van der Waals surface area contributed by atoms with E-state index in [-0.39, 0.29) is 0 Å². The van der Waals surface area contributed by atoms with Gasteiger partial charge in [-0.2, -0.15) is 0 Å². The summed E-state index contributed by atoms with van der Waals surface area (Å²) in [6.07, 6.45) is 1.69. The highest BCUT2D eigenvalue weighted by atomic mass is 32.1. The second-order valence-electron chi connectivity index (χ2n) is 5.66. The molecule has 0 saturated heterocycles. The third-order valence-electron chi connectivity index (χ3n) is 4.01. The van der Waals surface area contributed by atoms with Gasteiger partial charge in [-0.3, -0.25) is 0 Å². The highest BCUT2D eigenvalue weighted by molar-refractivity contribution is 7.14. The first-order valence-electron chi connectivity index (χ1n) is 7.91. The Bertz CT molecular complexity index is 1060. The minimum atomic E-state index is 0.579. The molecule has 3 heterocycles. The number of nitrogens with one attached hydrogen (secondary N) is 2. The van der Waals surface area contributed by atoms with Gasteiger partial charge in [0.1, 0.15) is 13.2 Å². The Labute approximate surface area is 147 Å². The van der Waals surface area contributed by atoms with Crippen molar-refractivity contribution in [1.82, 2.24) is 15.0 Å². The van der Waals surface area contributed by atoms with Gasteiger partial charge in [-0.1, -0.05) is 0 Å². The average Bonchev–Trinajstić information content (AvgIpc) is 3.30. The number of fused-ring (bicyclic) bond motifs is 2. The third-order valence-corrected chi connectivity index (χ3v) is 4.77. The van der Waals surface area contributed by atoms with Crippen LogP contribution < -0.4 is 14.8 Å². The number of benzene rings is 2. The summed E-state index contributed by atoms with van der Waals surface area (Å²) >= 11 is 1.56. The van der Waals surface area contributed by atoms with Crippen LogP contribution in [0.3, 0.4) is 0 Å². The maximum atomic E-state index is 5.65. The molecule has 124 valence electrons. The number of aromatic amines is 1. The van der Waals surface area contributed by atoms with Crippen LogP contribution in [0.1, 0.15) is 0 Å². The maximum Gasteiger partial charge on any atom is 0.187 e. The van der Waals surface area contributed by atoms with E-state index in [9.17, 15) is 0 Å². The molecule has 6 nitrogen and oxygen atoms in total. The molecular weight excluding hydrogens is 336 g/mol. The van der Waals surface area contributed by atoms with Crippen molar-refractivity contribution in [2.24, 2.45) is 0 Å². The van der Waals surface area contributed by atoms with Crippen molar-refractivity contribution in [2.75, 3.05) is 18.5 Å². The molecule has 0 amide bonds. The molecule has 1 aliphatic rings. The van der Waals surface area contributed by atoms with Crippen molar-refractivity contribution in [3.8, 4) is 22.8 Å². The van der Waals surface area contributed by atoms with E-state index in [2.05, 4.69) is 20.3 Å². The normalized spacial score (nSPS) is 13.1. The van der Waals surface area contributed by atoms with Crippen LogP contribution in [-0.2, 0) is 0 Å². The molecule has 0 radical (unpaired) electrons. The van der Waals surface area contributed by atoms with Crippen LogP contribution in [0, 0.1) is 0 Å². The SMILES string of the molecule is c1nc2cc(Nc3nc(-c4ccc5c(c4)OCCO5)cs3)ccc2[nH]1. The summed E-state index contributed by atoms with van der Waals surface area (Å²) in [5, 5.41) is 6.20. The summed E-state index contributed by atoms with van der Waals surface area (Å²) in [5.41, 5.74) is 4.82. The number of hydrogen-bond donors (Lipinski definition) is 2. The van der Waals surface area contributed by atoms with Gasteiger partial charge in [0.05, 0.1) is 23.1 Å². The zero-order valence-electron chi connectivity index (χ0n) is 13.2. The number of anilines is 2. The van der Waals surface area contributed by atoms with Gasteiger partial charge in [0.2, 0.25) is 0 Å². The maximum absolute atomic E-state index is 5.65. The standard InChI is InChI=1S/C18H14N4O2S/c1-4-16-17(24-6-5-23-16)7-11(1)15-9-25-18(22-15)21-12-2-3-13-14(8-12)20-10-19-13/h1-4,7-10H,5-6H2,(H,19,20)(H,21,22). The molecule has 0 atom stereocenters. The Kier molecular flexibility index (Phi) is 3.31. The van der Waals surface area contributed by atoms with Crippen LogP contribution in [0.25, 0.3) is 22.3 Å². The smallest absolute Gasteiger partial charge is 0.187 e.